The zero-order valence-electron chi connectivity index (χ0n) is 22.5. The maximum absolute atomic E-state index is 11.9. The Kier molecular flexibility index (Phi) is 14.1. The lowest BCUT2D eigenvalue weighted by Gasteiger charge is -2.09. The minimum absolute atomic E-state index is 0.0251. The SMILES string of the molecule is C=CC(=O)CCC(C)C.CCCCCCn1c(=O)ccc2cnc(C)nc21.CCn1cc(C)cn1. The van der Waals surface area contributed by atoms with Crippen LogP contribution in [0.2, 0.25) is 0 Å². The summed E-state index contributed by atoms with van der Waals surface area (Å²) in [4.78, 5) is 31.1. The summed E-state index contributed by atoms with van der Waals surface area (Å²) < 4.78 is 3.68. The first-order chi connectivity index (χ1) is 16.7. The van der Waals surface area contributed by atoms with Gasteiger partial charge in [0.25, 0.3) is 5.56 Å². The van der Waals surface area contributed by atoms with E-state index < -0.39 is 0 Å². The van der Waals surface area contributed by atoms with Gasteiger partial charge in [0.15, 0.2) is 5.78 Å². The maximum atomic E-state index is 11.9. The van der Waals surface area contributed by atoms with Crippen LogP contribution in [-0.4, -0.2) is 30.1 Å². The van der Waals surface area contributed by atoms with E-state index in [0.29, 0.717) is 18.2 Å². The molecule has 3 aromatic rings. The van der Waals surface area contributed by atoms with Crippen molar-refractivity contribution in [3.8, 4) is 0 Å². The Bertz CT molecular complexity index is 1100. The number of carbonyl (C=O) groups excluding carboxylic acids is 1. The van der Waals surface area contributed by atoms with Crippen molar-refractivity contribution in [3.63, 3.8) is 0 Å². The Morgan fingerprint density at radius 1 is 1.11 bits per heavy atom. The molecule has 3 heterocycles. The molecule has 0 N–H and O–H groups in total. The normalized spacial score (nSPS) is 10.4. The minimum atomic E-state index is 0.0251. The molecule has 0 saturated heterocycles. The molecule has 7 nitrogen and oxygen atoms in total. The summed E-state index contributed by atoms with van der Waals surface area (Å²) in [6.07, 6.45) is 13.3. The summed E-state index contributed by atoms with van der Waals surface area (Å²) in [6, 6.07) is 3.39. The number of carbonyl (C=O) groups is 1. The molecule has 0 aliphatic rings. The highest BCUT2D eigenvalue weighted by molar-refractivity contribution is 5.88. The lowest BCUT2D eigenvalue weighted by atomic mass is 10.1. The molecule has 192 valence electrons. The summed E-state index contributed by atoms with van der Waals surface area (Å²) in [5, 5.41) is 4.98. The smallest absolute Gasteiger partial charge is 0.252 e. The predicted octanol–water partition coefficient (Wildman–Crippen LogP) is 6.07. The van der Waals surface area contributed by atoms with Crippen molar-refractivity contribution in [1.82, 2.24) is 24.3 Å². The second-order valence-electron chi connectivity index (χ2n) is 9.06. The molecule has 0 aliphatic heterocycles. The molecule has 0 atom stereocenters. The van der Waals surface area contributed by atoms with Gasteiger partial charge in [-0.25, -0.2) is 9.97 Å². The molecule has 35 heavy (non-hydrogen) atoms. The van der Waals surface area contributed by atoms with Crippen LogP contribution in [0.1, 0.15) is 77.6 Å². The average Bonchev–Trinajstić information content (AvgIpc) is 3.27. The third-order valence-corrected chi connectivity index (χ3v) is 5.36. The van der Waals surface area contributed by atoms with Gasteiger partial charge in [-0.3, -0.25) is 18.8 Å². The number of unbranched alkanes of at least 4 members (excludes halogenated alkanes) is 3. The Morgan fingerprint density at radius 2 is 1.86 bits per heavy atom. The zero-order chi connectivity index (χ0) is 26.2. The molecule has 0 fully saturated rings. The van der Waals surface area contributed by atoms with Crippen LogP contribution in [0.3, 0.4) is 0 Å². The number of hydrogen-bond acceptors (Lipinski definition) is 5. The first kappa shape index (κ1) is 29.9. The predicted molar refractivity (Wildman–Crippen MR) is 145 cm³/mol. The maximum Gasteiger partial charge on any atom is 0.252 e. The third kappa shape index (κ3) is 11.7. The Hall–Kier alpha value is -3.09. The quantitative estimate of drug-likeness (QED) is 0.259. The molecular formula is C28H43N5O2. The largest absolute Gasteiger partial charge is 0.295 e. The van der Waals surface area contributed by atoms with Gasteiger partial charge in [0.05, 0.1) is 6.20 Å². The standard InChI is InChI=1S/C14H19N3O.C8H14O.C6H10N2/c1-3-4-5-6-9-17-13(18)8-7-12-10-15-11(2)16-14(12)17;1-4-8(9)6-5-7(2)3;1-3-8-5-6(2)4-7-8/h7-8,10H,3-6,9H2,1-2H3;4,7H,1,5-6H2,2-3H3;4-5H,3H2,1-2H3. The number of ketones is 1. The van der Waals surface area contributed by atoms with E-state index in [1.54, 1.807) is 22.9 Å². The van der Waals surface area contributed by atoms with Crippen LogP contribution in [0.5, 0.6) is 0 Å². The highest BCUT2D eigenvalue weighted by Gasteiger charge is 2.05. The second-order valence-corrected chi connectivity index (χ2v) is 9.06. The van der Waals surface area contributed by atoms with Gasteiger partial charge in [0.1, 0.15) is 11.5 Å². The molecule has 3 aromatic heterocycles. The van der Waals surface area contributed by atoms with E-state index in [1.807, 2.05) is 30.9 Å². The molecule has 0 radical (unpaired) electrons. The number of rotatable bonds is 10. The number of pyridine rings is 1. The van der Waals surface area contributed by atoms with Crippen molar-refractivity contribution in [2.45, 2.75) is 93.2 Å². The second kappa shape index (κ2) is 16.5. The summed E-state index contributed by atoms with van der Waals surface area (Å²) >= 11 is 0. The van der Waals surface area contributed by atoms with Crippen molar-refractivity contribution in [3.05, 3.63) is 65.1 Å². The van der Waals surface area contributed by atoms with Gasteiger partial charge < -0.3 is 0 Å². The van der Waals surface area contributed by atoms with E-state index in [4.69, 9.17) is 0 Å². The summed E-state index contributed by atoms with van der Waals surface area (Å²) in [6.45, 7) is 17.5. The number of allylic oxidation sites excluding steroid dienone is 1. The molecule has 0 saturated carbocycles. The number of hydrogen-bond donors (Lipinski definition) is 0. The molecule has 3 rings (SSSR count). The fourth-order valence-electron chi connectivity index (χ4n) is 3.24. The van der Waals surface area contributed by atoms with Crippen LogP contribution in [0.25, 0.3) is 11.0 Å². The first-order valence-electron chi connectivity index (χ1n) is 12.7. The molecule has 0 bridgehead atoms. The van der Waals surface area contributed by atoms with Crippen LogP contribution in [0.15, 0.2) is 48.2 Å². The lowest BCUT2D eigenvalue weighted by molar-refractivity contribution is -0.114. The highest BCUT2D eigenvalue weighted by atomic mass is 16.1. The molecule has 0 aromatic carbocycles. The van der Waals surface area contributed by atoms with Gasteiger partial charge >= 0.3 is 0 Å². The number of aromatic nitrogens is 5. The fourth-order valence-corrected chi connectivity index (χ4v) is 3.24. The van der Waals surface area contributed by atoms with Crippen molar-refractivity contribution >= 4 is 16.8 Å². The molecular weight excluding hydrogens is 438 g/mol. The summed E-state index contributed by atoms with van der Waals surface area (Å²) in [7, 11) is 0. The van der Waals surface area contributed by atoms with Gasteiger partial charge in [0, 0.05) is 43.4 Å². The third-order valence-electron chi connectivity index (χ3n) is 5.36. The zero-order valence-corrected chi connectivity index (χ0v) is 22.5. The molecule has 7 heteroatoms. The molecule has 0 amide bonds. The van der Waals surface area contributed by atoms with Gasteiger partial charge in [-0.2, -0.15) is 5.10 Å². The number of nitrogens with zero attached hydrogens (tertiary/aromatic N) is 5. The molecule has 0 unspecified atom stereocenters. The fraction of sp³-hybridized carbons (Fsp3) is 0.536. The van der Waals surface area contributed by atoms with Crippen LogP contribution in [-0.2, 0) is 17.9 Å². The van der Waals surface area contributed by atoms with E-state index in [0.717, 1.165) is 43.4 Å². The minimum Gasteiger partial charge on any atom is -0.295 e. The Balaban J connectivity index is 0.000000301. The van der Waals surface area contributed by atoms with Crippen molar-refractivity contribution in [1.29, 1.82) is 0 Å². The van der Waals surface area contributed by atoms with Gasteiger partial charge in [0.2, 0.25) is 0 Å². The van der Waals surface area contributed by atoms with Gasteiger partial charge in [-0.1, -0.05) is 46.6 Å². The van der Waals surface area contributed by atoms with E-state index >= 15 is 0 Å². The summed E-state index contributed by atoms with van der Waals surface area (Å²) in [5.74, 6) is 1.48. The lowest BCUT2D eigenvalue weighted by Crippen LogP contribution is -2.20. The summed E-state index contributed by atoms with van der Waals surface area (Å²) in [5.41, 5.74) is 2.01. The molecule has 0 spiro atoms. The van der Waals surface area contributed by atoms with E-state index in [9.17, 15) is 9.59 Å². The first-order valence-corrected chi connectivity index (χ1v) is 12.7. The van der Waals surface area contributed by atoms with Crippen LogP contribution in [0.4, 0.5) is 0 Å². The van der Waals surface area contributed by atoms with Gasteiger partial charge in [-0.15, -0.1) is 0 Å². The number of fused-ring (bicyclic) bond motifs is 1. The van der Waals surface area contributed by atoms with Crippen LogP contribution >= 0.6 is 0 Å². The van der Waals surface area contributed by atoms with Crippen molar-refractivity contribution in [2.75, 3.05) is 0 Å². The van der Waals surface area contributed by atoms with Crippen molar-refractivity contribution < 1.29 is 4.79 Å². The number of aryl methyl sites for hydroxylation is 4. The van der Waals surface area contributed by atoms with E-state index in [2.05, 4.69) is 49.3 Å². The monoisotopic (exact) mass is 481 g/mol. The van der Waals surface area contributed by atoms with Crippen molar-refractivity contribution in [2.24, 2.45) is 5.92 Å². The Morgan fingerprint density at radius 3 is 2.40 bits per heavy atom. The highest BCUT2D eigenvalue weighted by Crippen LogP contribution is 2.10. The molecule has 0 aliphatic carbocycles. The van der Waals surface area contributed by atoms with E-state index in [1.165, 1.54) is 24.5 Å². The average molecular weight is 482 g/mol. The van der Waals surface area contributed by atoms with Crippen LogP contribution < -0.4 is 5.56 Å². The Labute approximate surface area is 210 Å². The van der Waals surface area contributed by atoms with E-state index in [-0.39, 0.29) is 11.3 Å². The van der Waals surface area contributed by atoms with Gasteiger partial charge in [-0.05, 0) is 57.2 Å². The van der Waals surface area contributed by atoms with Crippen LogP contribution in [0, 0.1) is 19.8 Å². The topological polar surface area (TPSA) is 82.7 Å².